The Kier molecular flexibility index (Phi) is 4.36. The topological polar surface area (TPSA) is 33.7 Å². The molecule has 2 heterocycles. The Morgan fingerprint density at radius 3 is 2.95 bits per heavy atom. The van der Waals surface area contributed by atoms with Crippen LogP contribution in [-0.4, -0.2) is 57.0 Å². The van der Waals surface area contributed by atoms with Gasteiger partial charge >= 0.3 is 0 Å². The van der Waals surface area contributed by atoms with Gasteiger partial charge in [0.15, 0.2) is 0 Å². The molecule has 0 spiro atoms. The van der Waals surface area contributed by atoms with Crippen LogP contribution >= 0.6 is 0 Å². The number of hydrogen-bond donors (Lipinski definition) is 1. The van der Waals surface area contributed by atoms with Crippen LogP contribution < -0.4 is 5.32 Å². The predicted molar refractivity (Wildman–Crippen MR) is 78.8 cm³/mol. The van der Waals surface area contributed by atoms with E-state index in [1.165, 1.54) is 5.56 Å². The van der Waals surface area contributed by atoms with E-state index in [1.807, 2.05) is 7.11 Å². The highest BCUT2D eigenvalue weighted by atomic mass is 16.5. The van der Waals surface area contributed by atoms with Crippen LogP contribution in [0.3, 0.4) is 0 Å². The Hall–Kier alpha value is -0.940. The molecule has 2 atom stereocenters. The van der Waals surface area contributed by atoms with E-state index in [-0.39, 0.29) is 5.60 Å². The first-order valence-corrected chi connectivity index (χ1v) is 7.45. The summed E-state index contributed by atoms with van der Waals surface area (Å²) < 4.78 is 11.3. The maximum atomic E-state index is 5.76. The zero-order valence-electron chi connectivity index (χ0n) is 12.2. The quantitative estimate of drug-likeness (QED) is 0.902. The van der Waals surface area contributed by atoms with E-state index in [0.29, 0.717) is 6.04 Å². The van der Waals surface area contributed by atoms with Crippen molar-refractivity contribution in [1.82, 2.24) is 10.2 Å². The average Bonchev–Trinajstić information content (AvgIpc) is 2.97. The smallest absolute Gasteiger partial charge is 0.106 e. The molecule has 0 bridgehead atoms. The van der Waals surface area contributed by atoms with E-state index in [9.17, 15) is 0 Å². The third-order valence-electron chi connectivity index (χ3n) is 4.47. The number of piperazine rings is 1. The molecule has 4 heteroatoms. The summed E-state index contributed by atoms with van der Waals surface area (Å²) in [5.41, 5.74) is 1.27. The molecule has 2 unspecified atom stereocenters. The summed E-state index contributed by atoms with van der Waals surface area (Å²) in [6.45, 7) is 5.66. The maximum Gasteiger partial charge on any atom is 0.106 e. The van der Waals surface area contributed by atoms with Crippen molar-refractivity contribution in [2.45, 2.75) is 18.1 Å². The highest BCUT2D eigenvalue weighted by molar-refractivity contribution is 5.19. The first-order chi connectivity index (χ1) is 9.81. The van der Waals surface area contributed by atoms with Crippen LogP contribution in [-0.2, 0) is 9.47 Å². The summed E-state index contributed by atoms with van der Waals surface area (Å²) in [7, 11) is 1.81. The van der Waals surface area contributed by atoms with Crippen LogP contribution in [0.5, 0.6) is 0 Å². The summed E-state index contributed by atoms with van der Waals surface area (Å²) in [6.07, 6.45) is 1.00. The van der Waals surface area contributed by atoms with Crippen LogP contribution in [0, 0.1) is 0 Å². The van der Waals surface area contributed by atoms with E-state index < -0.39 is 0 Å². The van der Waals surface area contributed by atoms with E-state index in [4.69, 9.17) is 9.47 Å². The van der Waals surface area contributed by atoms with Crippen molar-refractivity contribution in [3.63, 3.8) is 0 Å². The highest BCUT2D eigenvalue weighted by Crippen LogP contribution is 2.26. The van der Waals surface area contributed by atoms with Gasteiger partial charge in [-0.1, -0.05) is 30.3 Å². The number of nitrogens with one attached hydrogen (secondary N) is 1. The second-order valence-corrected chi connectivity index (χ2v) is 5.84. The molecular weight excluding hydrogens is 252 g/mol. The molecule has 1 aromatic rings. The molecule has 0 saturated carbocycles. The molecule has 2 fully saturated rings. The lowest BCUT2D eigenvalue weighted by Crippen LogP contribution is -2.52. The van der Waals surface area contributed by atoms with Gasteiger partial charge in [-0.25, -0.2) is 0 Å². The van der Waals surface area contributed by atoms with E-state index in [0.717, 1.165) is 45.8 Å². The lowest BCUT2D eigenvalue weighted by molar-refractivity contribution is -0.0450. The number of methoxy groups -OCH3 is 1. The third kappa shape index (κ3) is 3.04. The number of ether oxygens (including phenoxy) is 2. The zero-order valence-corrected chi connectivity index (χ0v) is 12.2. The minimum atomic E-state index is -0.0986. The molecule has 0 amide bonds. The van der Waals surface area contributed by atoms with Gasteiger partial charge in [-0.3, -0.25) is 4.90 Å². The van der Waals surface area contributed by atoms with E-state index in [1.54, 1.807) is 0 Å². The van der Waals surface area contributed by atoms with Gasteiger partial charge in [-0.05, 0) is 5.56 Å². The average molecular weight is 276 g/mol. The molecule has 110 valence electrons. The lowest BCUT2D eigenvalue weighted by atomic mass is 9.99. The van der Waals surface area contributed by atoms with Gasteiger partial charge in [0.25, 0.3) is 0 Å². The molecule has 2 saturated heterocycles. The monoisotopic (exact) mass is 276 g/mol. The molecule has 20 heavy (non-hydrogen) atoms. The molecule has 4 nitrogen and oxygen atoms in total. The summed E-state index contributed by atoms with van der Waals surface area (Å²) >= 11 is 0. The third-order valence-corrected chi connectivity index (χ3v) is 4.47. The zero-order chi connectivity index (χ0) is 13.8. The Morgan fingerprint density at radius 2 is 2.25 bits per heavy atom. The second kappa shape index (κ2) is 6.22. The van der Waals surface area contributed by atoms with Crippen molar-refractivity contribution in [2.24, 2.45) is 0 Å². The van der Waals surface area contributed by atoms with Crippen molar-refractivity contribution in [3.8, 4) is 0 Å². The second-order valence-electron chi connectivity index (χ2n) is 5.84. The fourth-order valence-electron chi connectivity index (χ4n) is 3.21. The van der Waals surface area contributed by atoms with Gasteiger partial charge in [0.2, 0.25) is 0 Å². The summed E-state index contributed by atoms with van der Waals surface area (Å²) in [5, 5.41) is 3.61. The van der Waals surface area contributed by atoms with Crippen LogP contribution in [0.25, 0.3) is 0 Å². The van der Waals surface area contributed by atoms with E-state index >= 15 is 0 Å². The molecule has 0 radical (unpaired) electrons. The van der Waals surface area contributed by atoms with Crippen LogP contribution in [0.4, 0.5) is 0 Å². The van der Waals surface area contributed by atoms with Crippen molar-refractivity contribution >= 4 is 0 Å². The Morgan fingerprint density at radius 1 is 1.40 bits per heavy atom. The van der Waals surface area contributed by atoms with Crippen LogP contribution in [0.15, 0.2) is 30.3 Å². The molecule has 2 aliphatic rings. The molecule has 0 aliphatic carbocycles. The molecule has 2 aliphatic heterocycles. The minimum absolute atomic E-state index is 0.0986. The first kappa shape index (κ1) is 14.0. The largest absolute Gasteiger partial charge is 0.378 e. The van der Waals surface area contributed by atoms with Gasteiger partial charge in [0.05, 0.1) is 6.61 Å². The van der Waals surface area contributed by atoms with Gasteiger partial charge in [0, 0.05) is 52.4 Å². The molecule has 3 rings (SSSR count). The summed E-state index contributed by atoms with van der Waals surface area (Å²) in [6, 6.07) is 11.1. The van der Waals surface area contributed by atoms with Crippen molar-refractivity contribution in [2.75, 3.05) is 46.5 Å². The van der Waals surface area contributed by atoms with Crippen molar-refractivity contribution < 1.29 is 9.47 Å². The number of rotatable bonds is 4. The Labute approximate surface area is 121 Å². The van der Waals surface area contributed by atoms with E-state index in [2.05, 4.69) is 40.5 Å². The van der Waals surface area contributed by atoms with Gasteiger partial charge in [-0.15, -0.1) is 0 Å². The molecule has 1 N–H and O–H groups in total. The SMILES string of the molecule is COC1(CN2CCNC(c3ccccc3)C2)CCOC1. The van der Waals surface area contributed by atoms with Crippen molar-refractivity contribution in [1.29, 1.82) is 0 Å². The van der Waals surface area contributed by atoms with Gasteiger partial charge in [0.1, 0.15) is 5.60 Å². The number of benzene rings is 1. The fraction of sp³-hybridized carbons (Fsp3) is 0.625. The standard InChI is InChI=1S/C16H24N2O2/c1-19-16(7-10-20-13-16)12-18-9-8-17-15(11-18)14-5-3-2-4-6-14/h2-6,15,17H,7-13H2,1H3. The lowest BCUT2D eigenvalue weighted by Gasteiger charge is -2.38. The predicted octanol–water partition coefficient (Wildman–Crippen LogP) is 1.44. The van der Waals surface area contributed by atoms with Crippen LogP contribution in [0.2, 0.25) is 0 Å². The van der Waals surface area contributed by atoms with Crippen molar-refractivity contribution in [3.05, 3.63) is 35.9 Å². The molecule has 1 aromatic carbocycles. The summed E-state index contributed by atoms with van der Waals surface area (Å²) in [4.78, 5) is 2.51. The highest BCUT2D eigenvalue weighted by Gasteiger charge is 2.37. The number of nitrogens with zero attached hydrogens (tertiary/aromatic N) is 1. The Balaban J connectivity index is 1.63. The maximum absolute atomic E-state index is 5.76. The normalized spacial score (nSPS) is 31.6. The summed E-state index contributed by atoms with van der Waals surface area (Å²) in [5.74, 6) is 0. The van der Waals surface area contributed by atoms with Gasteiger partial charge in [-0.2, -0.15) is 0 Å². The Bertz CT molecular complexity index is 418. The minimum Gasteiger partial charge on any atom is -0.378 e. The van der Waals surface area contributed by atoms with Gasteiger partial charge < -0.3 is 14.8 Å². The molecular formula is C16H24N2O2. The van der Waals surface area contributed by atoms with Crippen LogP contribution in [0.1, 0.15) is 18.0 Å². The first-order valence-electron chi connectivity index (χ1n) is 7.45. The number of hydrogen-bond acceptors (Lipinski definition) is 4. The molecule has 0 aromatic heterocycles. The fourth-order valence-corrected chi connectivity index (χ4v) is 3.21.